The Morgan fingerprint density at radius 2 is 1.93 bits per heavy atom. The highest BCUT2D eigenvalue weighted by Crippen LogP contribution is 2.33. The molecular formula is C19H16F3N3O2. The molecule has 8 heteroatoms. The van der Waals surface area contributed by atoms with Gasteiger partial charge in [0.15, 0.2) is 0 Å². The van der Waals surface area contributed by atoms with Crippen LogP contribution in [0.1, 0.15) is 12.0 Å². The van der Waals surface area contributed by atoms with Crippen molar-refractivity contribution in [1.29, 1.82) is 0 Å². The predicted octanol–water partition coefficient (Wildman–Crippen LogP) is 3.61. The van der Waals surface area contributed by atoms with Gasteiger partial charge in [-0.05, 0) is 36.8 Å². The molecule has 4 rings (SSSR count). The molecule has 1 aliphatic heterocycles. The number of benzene rings is 2. The maximum atomic E-state index is 13.2. The largest absolute Gasteiger partial charge is 0.416 e. The van der Waals surface area contributed by atoms with Crippen LogP contribution in [0.15, 0.2) is 53.3 Å². The number of hydrogen-bond donors (Lipinski definition) is 1. The van der Waals surface area contributed by atoms with Gasteiger partial charge in [0, 0.05) is 18.5 Å². The van der Waals surface area contributed by atoms with Crippen LogP contribution in [0.25, 0.3) is 16.6 Å². The lowest BCUT2D eigenvalue weighted by Crippen LogP contribution is -2.34. The van der Waals surface area contributed by atoms with Gasteiger partial charge >= 0.3 is 11.9 Å². The SMILES string of the molecule is O=c1nc(NCC2CCO2)c2ccc(C(F)(F)F)cc2n1-c1ccccc1. The van der Waals surface area contributed by atoms with E-state index in [9.17, 15) is 18.0 Å². The Morgan fingerprint density at radius 3 is 2.56 bits per heavy atom. The molecule has 5 nitrogen and oxygen atoms in total. The van der Waals surface area contributed by atoms with Gasteiger partial charge in [-0.15, -0.1) is 0 Å². The van der Waals surface area contributed by atoms with E-state index in [0.29, 0.717) is 24.2 Å². The highest BCUT2D eigenvalue weighted by molar-refractivity contribution is 5.90. The molecule has 2 aromatic carbocycles. The number of aromatic nitrogens is 2. The van der Waals surface area contributed by atoms with E-state index >= 15 is 0 Å². The second-order valence-electron chi connectivity index (χ2n) is 6.31. The fourth-order valence-corrected chi connectivity index (χ4v) is 3.02. The highest BCUT2D eigenvalue weighted by Gasteiger charge is 2.31. The van der Waals surface area contributed by atoms with Crippen LogP contribution in [-0.2, 0) is 10.9 Å². The van der Waals surface area contributed by atoms with Crippen LogP contribution in [0.5, 0.6) is 0 Å². The summed E-state index contributed by atoms with van der Waals surface area (Å²) in [7, 11) is 0. The van der Waals surface area contributed by atoms with E-state index in [4.69, 9.17) is 4.74 Å². The standard InChI is InChI=1S/C19H16F3N3O2/c20-19(21,22)12-6-7-15-16(10-12)25(13-4-2-1-3-5-13)18(26)24-17(15)23-11-14-8-9-27-14/h1-7,10,14H,8-9,11H2,(H,23,24,26). The third-order valence-corrected chi connectivity index (χ3v) is 4.52. The number of nitrogens with one attached hydrogen (secondary N) is 1. The molecule has 1 fully saturated rings. The van der Waals surface area contributed by atoms with Gasteiger partial charge in [-0.25, -0.2) is 4.79 Å². The Labute approximate surface area is 152 Å². The van der Waals surface area contributed by atoms with Crippen molar-refractivity contribution < 1.29 is 17.9 Å². The van der Waals surface area contributed by atoms with E-state index in [1.807, 2.05) is 0 Å². The molecular weight excluding hydrogens is 359 g/mol. The van der Waals surface area contributed by atoms with Crippen LogP contribution in [-0.4, -0.2) is 28.8 Å². The first-order valence-electron chi connectivity index (χ1n) is 8.48. The molecule has 1 aliphatic rings. The third kappa shape index (κ3) is 3.40. The first-order valence-corrected chi connectivity index (χ1v) is 8.48. The summed E-state index contributed by atoms with van der Waals surface area (Å²) < 4.78 is 46.2. The quantitative estimate of drug-likeness (QED) is 0.757. The molecule has 1 aromatic heterocycles. The second kappa shape index (κ2) is 6.70. The molecule has 0 aliphatic carbocycles. The summed E-state index contributed by atoms with van der Waals surface area (Å²) >= 11 is 0. The smallest absolute Gasteiger partial charge is 0.376 e. The topological polar surface area (TPSA) is 56.1 Å². The molecule has 1 atom stereocenters. The highest BCUT2D eigenvalue weighted by atomic mass is 19.4. The molecule has 27 heavy (non-hydrogen) atoms. The Hall–Kier alpha value is -2.87. The molecule has 3 aromatic rings. The monoisotopic (exact) mass is 375 g/mol. The van der Waals surface area contributed by atoms with Crippen LogP contribution < -0.4 is 11.0 Å². The van der Waals surface area contributed by atoms with Gasteiger partial charge in [0.05, 0.1) is 22.9 Å². The van der Waals surface area contributed by atoms with Crippen molar-refractivity contribution in [1.82, 2.24) is 9.55 Å². The first kappa shape index (κ1) is 17.5. The summed E-state index contributed by atoms with van der Waals surface area (Å²) in [6.07, 6.45) is -3.60. The Balaban J connectivity index is 1.90. The summed E-state index contributed by atoms with van der Waals surface area (Å²) in [5, 5.41) is 3.47. The van der Waals surface area contributed by atoms with Gasteiger partial charge in [-0.3, -0.25) is 4.57 Å². The number of halogens is 3. The lowest BCUT2D eigenvalue weighted by molar-refractivity contribution is -0.137. The van der Waals surface area contributed by atoms with E-state index in [0.717, 1.165) is 18.6 Å². The number of ether oxygens (including phenoxy) is 1. The number of alkyl halides is 3. The van der Waals surface area contributed by atoms with Gasteiger partial charge in [0.25, 0.3) is 0 Å². The first-order chi connectivity index (χ1) is 12.9. The Morgan fingerprint density at radius 1 is 1.19 bits per heavy atom. The maximum Gasteiger partial charge on any atom is 0.416 e. The van der Waals surface area contributed by atoms with Gasteiger partial charge < -0.3 is 10.1 Å². The van der Waals surface area contributed by atoms with E-state index in [2.05, 4.69) is 10.3 Å². The van der Waals surface area contributed by atoms with Crippen LogP contribution >= 0.6 is 0 Å². The molecule has 140 valence electrons. The normalized spacial score (nSPS) is 16.9. The second-order valence-corrected chi connectivity index (χ2v) is 6.31. The molecule has 0 spiro atoms. The average molecular weight is 375 g/mol. The third-order valence-electron chi connectivity index (χ3n) is 4.52. The molecule has 1 saturated heterocycles. The fraction of sp³-hybridized carbons (Fsp3) is 0.263. The maximum absolute atomic E-state index is 13.2. The van der Waals surface area contributed by atoms with Crippen LogP contribution in [0.3, 0.4) is 0 Å². The molecule has 0 radical (unpaired) electrons. The van der Waals surface area contributed by atoms with Gasteiger partial charge in [-0.2, -0.15) is 18.2 Å². The molecule has 0 amide bonds. The zero-order valence-corrected chi connectivity index (χ0v) is 14.2. The minimum atomic E-state index is -4.51. The van der Waals surface area contributed by atoms with Gasteiger partial charge in [0.1, 0.15) is 5.82 Å². The van der Waals surface area contributed by atoms with Crippen molar-refractivity contribution in [2.24, 2.45) is 0 Å². The molecule has 1 unspecified atom stereocenters. The number of fused-ring (bicyclic) bond motifs is 1. The van der Waals surface area contributed by atoms with E-state index < -0.39 is 17.4 Å². The Kier molecular flexibility index (Phi) is 4.35. The minimum absolute atomic E-state index is 0.0212. The van der Waals surface area contributed by atoms with E-state index in [-0.39, 0.29) is 17.4 Å². The number of nitrogens with zero attached hydrogens (tertiary/aromatic N) is 2. The van der Waals surface area contributed by atoms with Crippen molar-refractivity contribution in [3.8, 4) is 5.69 Å². The number of rotatable bonds is 4. The van der Waals surface area contributed by atoms with Crippen molar-refractivity contribution in [3.05, 3.63) is 64.6 Å². The molecule has 0 saturated carbocycles. The molecule has 0 bridgehead atoms. The van der Waals surface area contributed by atoms with Crippen molar-refractivity contribution >= 4 is 16.7 Å². The summed E-state index contributed by atoms with van der Waals surface area (Å²) in [6, 6.07) is 11.8. The summed E-state index contributed by atoms with van der Waals surface area (Å²) in [5.74, 6) is 0.256. The van der Waals surface area contributed by atoms with Gasteiger partial charge in [-0.1, -0.05) is 18.2 Å². The lowest BCUT2D eigenvalue weighted by atomic mass is 10.1. The van der Waals surface area contributed by atoms with Crippen LogP contribution in [0.2, 0.25) is 0 Å². The number of hydrogen-bond acceptors (Lipinski definition) is 4. The minimum Gasteiger partial charge on any atom is -0.376 e. The average Bonchev–Trinajstić information content (AvgIpc) is 2.60. The van der Waals surface area contributed by atoms with Gasteiger partial charge in [0.2, 0.25) is 0 Å². The summed E-state index contributed by atoms with van der Waals surface area (Å²) in [5.41, 5.74) is -0.870. The van der Waals surface area contributed by atoms with Crippen molar-refractivity contribution in [3.63, 3.8) is 0 Å². The van der Waals surface area contributed by atoms with Crippen LogP contribution in [0, 0.1) is 0 Å². The summed E-state index contributed by atoms with van der Waals surface area (Å²) in [6.45, 7) is 1.13. The summed E-state index contributed by atoms with van der Waals surface area (Å²) in [4.78, 5) is 16.7. The zero-order chi connectivity index (χ0) is 19.0. The zero-order valence-electron chi connectivity index (χ0n) is 14.2. The van der Waals surface area contributed by atoms with E-state index in [1.165, 1.54) is 10.6 Å². The van der Waals surface area contributed by atoms with E-state index in [1.54, 1.807) is 30.3 Å². The fourth-order valence-electron chi connectivity index (χ4n) is 3.02. The van der Waals surface area contributed by atoms with Crippen LogP contribution in [0.4, 0.5) is 19.0 Å². The number of para-hydroxylation sites is 1. The lowest BCUT2D eigenvalue weighted by Gasteiger charge is -2.27. The van der Waals surface area contributed by atoms with Crippen molar-refractivity contribution in [2.75, 3.05) is 18.5 Å². The molecule has 1 N–H and O–H groups in total. The molecule has 2 heterocycles. The Bertz CT molecular complexity index is 1030. The van der Waals surface area contributed by atoms with Crippen molar-refractivity contribution in [2.45, 2.75) is 18.7 Å². The number of anilines is 1. The predicted molar refractivity (Wildman–Crippen MR) is 95.2 cm³/mol.